The van der Waals surface area contributed by atoms with Gasteiger partial charge in [-0.25, -0.2) is 0 Å². The number of hydrogen-bond donors (Lipinski definition) is 2. The van der Waals surface area contributed by atoms with Gasteiger partial charge >= 0.3 is 0 Å². The Morgan fingerprint density at radius 3 is 2.65 bits per heavy atom. The fourth-order valence-corrected chi connectivity index (χ4v) is 5.64. The molecule has 4 aliphatic rings. The van der Waals surface area contributed by atoms with Gasteiger partial charge in [0.05, 0.1) is 12.3 Å². The van der Waals surface area contributed by atoms with Gasteiger partial charge in [0, 0.05) is 42.7 Å². The van der Waals surface area contributed by atoms with E-state index in [1.807, 2.05) is 33.8 Å². The molecule has 3 heterocycles. The lowest BCUT2D eigenvalue weighted by molar-refractivity contribution is 0.332. The highest BCUT2D eigenvalue weighted by atomic mass is 15.2. The maximum absolute atomic E-state index is 9.62. The second kappa shape index (κ2) is 15.1. The van der Waals surface area contributed by atoms with Crippen LogP contribution in [0.5, 0.6) is 0 Å². The van der Waals surface area contributed by atoms with E-state index in [2.05, 4.69) is 75.9 Å². The molecule has 1 saturated heterocycles. The van der Waals surface area contributed by atoms with Crippen molar-refractivity contribution in [3.63, 3.8) is 0 Å². The first-order chi connectivity index (χ1) is 17.7. The number of H-pyrrole nitrogens is 1. The minimum Gasteiger partial charge on any atom is -0.371 e. The van der Waals surface area contributed by atoms with Gasteiger partial charge in [0.15, 0.2) is 0 Å². The van der Waals surface area contributed by atoms with Crippen LogP contribution in [0.2, 0.25) is 0 Å². The predicted octanol–water partition coefficient (Wildman–Crippen LogP) is 8.11. The van der Waals surface area contributed by atoms with Crippen LogP contribution >= 0.6 is 0 Å². The number of anilines is 1. The van der Waals surface area contributed by atoms with E-state index in [0.29, 0.717) is 17.9 Å². The van der Waals surface area contributed by atoms with E-state index in [4.69, 9.17) is 0 Å². The summed E-state index contributed by atoms with van der Waals surface area (Å²) in [7, 11) is 0. The molecule has 5 nitrogen and oxygen atoms in total. The van der Waals surface area contributed by atoms with Gasteiger partial charge < -0.3 is 10.2 Å². The lowest BCUT2D eigenvalue weighted by Gasteiger charge is -2.29. The molecule has 1 fully saturated rings. The summed E-state index contributed by atoms with van der Waals surface area (Å²) in [6, 6.07) is 4.80. The van der Waals surface area contributed by atoms with Crippen molar-refractivity contribution in [2.24, 2.45) is 11.8 Å². The molecule has 2 N–H and O–H groups in total. The van der Waals surface area contributed by atoms with Crippen molar-refractivity contribution >= 4 is 5.82 Å². The number of hydrogen-bond acceptors (Lipinski definition) is 4. The molecule has 3 atom stereocenters. The maximum Gasteiger partial charge on any atom is 0.121 e. The predicted molar refractivity (Wildman–Crippen MR) is 158 cm³/mol. The van der Waals surface area contributed by atoms with E-state index >= 15 is 0 Å². The molecule has 200 valence electrons. The molecule has 1 unspecified atom stereocenters. The van der Waals surface area contributed by atoms with Crippen molar-refractivity contribution < 1.29 is 0 Å². The molecule has 37 heavy (non-hydrogen) atoms. The third-order valence-electron chi connectivity index (χ3n) is 7.17. The highest BCUT2D eigenvalue weighted by Crippen LogP contribution is 2.39. The zero-order valence-electron chi connectivity index (χ0n) is 22.7. The van der Waals surface area contributed by atoms with Crippen LogP contribution in [0.1, 0.15) is 74.1 Å². The van der Waals surface area contributed by atoms with E-state index in [9.17, 15) is 5.26 Å². The van der Waals surface area contributed by atoms with Gasteiger partial charge in [0.25, 0.3) is 0 Å². The third-order valence-corrected chi connectivity index (χ3v) is 7.17. The fraction of sp³-hybridized carbons (Fsp3) is 0.500. The van der Waals surface area contributed by atoms with Crippen molar-refractivity contribution in [2.75, 3.05) is 18.4 Å². The van der Waals surface area contributed by atoms with Crippen LogP contribution in [-0.2, 0) is 0 Å². The number of aromatic amines is 1. The molecule has 1 aromatic heterocycles. The number of aromatic nitrogens is 2. The Morgan fingerprint density at radius 2 is 1.92 bits per heavy atom. The molecule has 1 aromatic rings. The van der Waals surface area contributed by atoms with Crippen LogP contribution in [0.3, 0.4) is 0 Å². The Balaban J connectivity index is 0.000000919. The average molecular weight is 502 g/mol. The lowest BCUT2D eigenvalue weighted by Crippen LogP contribution is -2.28. The standard InChI is InChI=1S/C27H31N5.2C2H6.CH4/c1-19-14-21-15-20(17-28)6-5-9-26(21)32-13-11-23(30-27-10-12-29-31-27)16-22(18-32)25-8-4-2-3-7-24(19)25;2*1-2;/h2-5,7,9-10,12,15,19,22-23H,6,8,11,13-14,16,18H2,1H3,(H2,29,30,31);2*1-2H3;1H4/t19-,22?,23+;;;/m1.../s1. The molecule has 0 aromatic carbocycles. The number of allylic oxidation sites excluding steroid dienone is 10. The lowest BCUT2D eigenvalue weighted by atomic mass is 9.81. The van der Waals surface area contributed by atoms with E-state index in [1.165, 1.54) is 16.8 Å². The molecule has 0 spiro atoms. The molecular formula is C32H47N5. The molecule has 5 heteroatoms. The molecule has 0 amide bonds. The Hall–Kier alpha value is -3.26. The van der Waals surface area contributed by atoms with Gasteiger partial charge in [-0.05, 0) is 61.0 Å². The summed E-state index contributed by atoms with van der Waals surface area (Å²) in [6.07, 6.45) is 22.3. The van der Waals surface area contributed by atoms with E-state index < -0.39 is 0 Å². The number of nitrogens with one attached hydrogen (secondary N) is 2. The van der Waals surface area contributed by atoms with Crippen molar-refractivity contribution in [1.82, 2.24) is 15.1 Å². The van der Waals surface area contributed by atoms with Gasteiger partial charge in [-0.15, -0.1) is 0 Å². The minimum absolute atomic E-state index is 0. The zero-order chi connectivity index (χ0) is 25.9. The summed E-state index contributed by atoms with van der Waals surface area (Å²) in [5.41, 5.74) is 6.54. The number of rotatable bonds is 2. The Morgan fingerprint density at radius 1 is 1.11 bits per heavy atom. The quantitative estimate of drug-likeness (QED) is 0.429. The molecular weight excluding hydrogens is 454 g/mol. The van der Waals surface area contributed by atoms with E-state index in [1.54, 1.807) is 11.8 Å². The zero-order valence-corrected chi connectivity index (χ0v) is 22.7. The minimum atomic E-state index is 0. The SMILES string of the molecule is C.CC.CC.C[C@@H]1CC2=C(C=CCC(C#N)=C2)N2CC[C@H](Nc3ccn[nH]3)CC(C2)C2=C1C=CC=CC2. The van der Waals surface area contributed by atoms with Crippen molar-refractivity contribution in [3.05, 3.63) is 82.8 Å². The van der Waals surface area contributed by atoms with E-state index in [0.717, 1.165) is 56.6 Å². The van der Waals surface area contributed by atoms with Crippen molar-refractivity contribution in [2.45, 2.75) is 80.2 Å². The summed E-state index contributed by atoms with van der Waals surface area (Å²) in [5, 5.41) is 20.5. The summed E-state index contributed by atoms with van der Waals surface area (Å²) >= 11 is 0. The highest BCUT2D eigenvalue weighted by Gasteiger charge is 2.32. The number of fused-ring (bicyclic) bond motifs is 4. The fourth-order valence-electron chi connectivity index (χ4n) is 5.64. The number of nitrogens with zero attached hydrogens (tertiary/aromatic N) is 3. The van der Waals surface area contributed by atoms with Gasteiger partial charge in [-0.2, -0.15) is 10.4 Å². The van der Waals surface area contributed by atoms with Crippen LogP contribution in [0.25, 0.3) is 0 Å². The summed E-state index contributed by atoms with van der Waals surface area (Å²) in [5.74, 6) is 1.88. The van der Waals surface area contributed by atoms with Crippen LogP contribution in [-0.4, -0.2) is 34.2 Å². The first-order valence-electron chi connectivity index (χ1n) is 13.8. The Labute approximate surface area is 225 Å². The van der Waals surface area contributed by atoms with Gasteiger partial charge in [0.2, 0.25) is 0 Å². The third kappa shape index (κ3) is 7.38. The maximum atomic E-state index is 9.62. The van der Waals surface area contributed by atoms with Crippen LogP contribution in [0.15, 0.2) is 82.8 Å². The average Bonchev–Trinajstić information content (AvgIpc) is 3.09. The second-order valence-corrected chi connectivity index (χ2v) is 9.35. The molecule has 5 rings (SSSR count). The first-order valence-corrected chi connectivity index (χ1v) is 13.8. The van der Waals surface area contributed by atoms with Gasteiger partial charge in [-0.3, -0.25) is 5.10 Å². The van der Waals surface area contributed by atoms with Crippen molar-refractivity contribution in [3.8, 4) is 6.07 Å². The van der Waals surface area contributed by atoms with Crippen LogP contribution in [0, 0.1) is 23.2 Å². The second-order valence-electron chi connectivity index (χ2n) is 9.35. The first kappa shape index (κ1) is 30.0. The molecule has 2 bridgehead atoms. The molecule has 2 aliphatic carbocycles. The Bertz CT molecular complexity index is 1070. The normalized spacial score (nSPS) is 24.3. The molecule has 0 radical (unpaired) electrons. The summed E-state index contributed by atoms with van der Waals surface area (Å²) < 4.78 is 0. The van der Waals surface area contributed by atoms with E-state index in [-0.39, 0.29) is 7.43 Å². The van der Waals surface area contributed by atoms with Crippen LogP contribution in [0.4, 0.5) is 5.82 Å². The highest BCUT2D eigenvalue weighted by molar-refractivity contribution is 5.46. The van der Waals surface area contributed by atoms with Crippen molar-refractivity contribution in [1.29, 1.82) is 5.26 Å². The molecule has 0 saturated carbocycles. The van der Waals surface area contributed by atoms with Gasteiger partial charge in [-0.1, -0.05) is 78.0 Å². The topological polar surface area (TPSA) is 67.7 Å². The molecule has 2 aliphatic heterocycles. The van der Waals surface area contributed by atoms with Gasteiger partial charge in [0.1, 0.15) is 5.82 Å². The summed E-state index contributed by atoms with van der Waals surface area (Å²) in [6.45, 7) is 12.4. The monoisotopic (exact) mass is 501 g/mol. The largest absolute Gasteiger partial charge is 0.371 e. The van der Waals surface area contributed by atoms with Crippen LogP contribution < -0.4 is 5.32 Å². The Kier molecular flexibility index (Phi) is 12.2. The smallest absolute Gasteiger partial charge is 0.121 e. The summed E-state index contributed by atoms with van der Waals surface area (Å²) in [4.78, 5) is 2.59. The number of nitriles is 1.